The van der Waals surface area contributed by atoms with Crippen LogP contribution in [0, 0.1) is 0 Å². The first-order chi connectivity index (χ1) is 9.11. The summed E-state index contributed by atoms with van der Waals surface area (Å²) >= 11 is 0. The largest absolute Gasteiger partial charge is 0.465 e. The Morgan fingerprint density at radius 1 is 1.47 bits per heavy atom. The van der Waals surface area contributed by atoms with E-state index in [0.717, 1.165) is 11.4 Å². The average molecular weight is 263 g/mol. The second kappa shape index (κ2) is 5.60. The highest BCUT2D eigenvalue weighted by Gasteiger charge is 2.28. The Bertz CT molecular complexity index is 490. The van der Waals surface area contributed by atoms with Gasteiger partial charge in [-0.25, -0.2) is 0 Å². The van der Waals surface area contributed by atoms with Crippen LogP contribution in [0.25, 0.3) is 0 Å². The van der Waals surface area contributed by atoms with Crippen LogP contribution < -0.4 is 16.0 Å². The minimum atomic E-state index is -0.510. The molecule has 1 aliphatic rings. The third-order valence-electron chi connectivity index (χ3n) is 2.95. The maximum absolute atomic E-state index is 11.6. The number of ether oxygens (including phenoxy) is 1. The van der Waals surface area contributed by atoms with Crippen LogP contribution in [0.5, 0.6) is 0 Å². The molecule has 0 aromatic heterocycles. The van der Waals surface area contributed by atoms with Gasteiger partial charge in [-0.3, -0.25) is 9.59 Å². The van der Waals surface area contributed by atoms with Crippen molar-refractivity contribution in [1.82, 2.24) is 0 Å². The number of hydrogen-bond donors (Lipinski definition) is 2. The number of anilines is 2. The van der Waals surface area contributed by atoms with Gasteiger partial charge in [0, 0.05) is 6.54 Å². The predicted octanol–water partition coefficient (Wildman–Crippen LogP) is 0.336. The minimum absolute atomic E-state index is 0.107. The molecule has 0 saturated heterocycles. The average Bonchev–Trinajstić information content (AvgIpc) is 2.38. The molecule has 0 fully saturated rings. The summed E-state index contributed by atoms with van der Waals surface area (Å²) in [4.78, 5) is 24.7. The van der Waals surface area contributed by atoms with E-state index in [1.165, 1.54) is 0 Å². The number of primary amides is 1. The van der Waals surface area contributed by atoms with E-state index < -0.39 is 11.9 Å². The van der Waals surface area contributed by atoms with Gasteiger partial charge in [0.1, 0.15) is 12.6 Å². The maximum atomic E-state index is 11.6. The van der Waals surface area contributed by atoms with Crippen LogP contribution in [-0.2, 0) is 14.3 Å². The number of carbonyl (C=O) groups is 2. The third kappa shape index (κ3) is 2.96. The van der Waals surface area contributed by atoms with Crippen molar-refractivity contribution in [3.05, 3.63) is 24.3 Å². The summed E-state index contributed by atoms with van der Waals surface area (Å²) in [6, 6.07) is 6.96. The molecule has 0 bridgehead atoms. The summed E-state index contributed by atoms with van der Waals surface area (Å²) in [5.41, 5.74) is 6.99. The van der Waals surface area contributed by atoms with Gasteiger partial charge in [-0.1, -0.05) is 12.1 Å². The number of hydrogen-bond acceptors (Lipinski definition) is 5. The number of rotatable bonds is 4. The van der Waals surface area contributed by atoms with Crippen LogP contribution in [0.3, 0.4) is 0 Å². The van der Waals surface area contributed by atoms with Crippen molar-refractivity contribution < 1.29 is 14.3 Å². The molecule has 0 saturated carbocycles. The highest BCUT2D eigenvalue weighted by Crippen LogP contribution is 2.30. The van der Waals surface area contributed by atoms with Gasteiger partial charge in [-0.05, 0) is 19.1 Å². The minimum Gasteiger partial charge on any atom is -0.465 e. The molecule has 1 aromatic rings. The van der Waals surface area contributed by atoms with Crippen LogP contribution in [0.15, 0.2) is 24.3 Å². The van der Waals surface area contributed by atoms with E-state index in [4.69, 9.17) is 10.5 Å². The summed E-state index contributed by atoms with van der Waals surface area (Å²) in [5.74, 6) is -0.759. The quantitative estimate of drug-likeness (QED) is 0.765. The highest BCUT2D eigenvalue weighted by molar-refractivity contribution is 5.89. The first-order valence-corrected chi connectivity index (χ1v) is 6.17. The molecule has 0 radical (unpaired) electrons. The number of nitrogens with zero attached hydrogens (tertiary/aromatic N) is 1. The summed E-state index contributed by atoms with van der Waals surface area (Å²) in [7, 11) is 0. The van der Waals surface area contributed by atoms with Crippen molar-refractivity contribution in [2.24, 2.45) is 5.73 Å². The Balaban J connectivity index is 2.21. The van der Waals surface area contributed by atoms with E-state index >= 15 is 0 Å². The Morgan fingerprint density at radius 2 is 2.21 bits per heavy atom. The van der Waals surface area contributed by atoms with Crippen molar-refractivity contribution >= 4 is 23.3 Å². The fourth-order valence-electron chi connectivity index (χ4n) is 2.10. The molecular formula is C13H17N3O3. The Kier molecular flexibility index (Phi) is 3.89. The molecule has 6 heteroatoms. The first kappa shape index (κ1) is 13.2. The predicted molar refractivity (Wildman–Crippen MR) is 71.9 cm³/mol. The SMILES string of the molecule is CCOC(=O)CN1CC(C(N)=O)Nc2ccccc21. The molecule has 1 heterocycles. The molecule has 1 aromatic carbocycles. The lowest BCUT2D eigenvalue weighted by Gasteiger charge is -2.35. The fourth-order valence-corrected chi connectivity index (χ4v) is 2.10. The van der Waals surface area contributed by atoms with Crippen LogP contribution in [0.1, 0.15) is 6.92 Å². The van der Waals surface area contributed by atoms with Gasteiger partial charge in [0.25, 0.3) is 0 Å². The Hall–Kier alpha value is -2.24. The van der Waals surface area contributed by atoms with E-state index in [0.29, 0.717) is 13.2 Å². The molecule has 1 unspecified atom stereocenters. The molecule has 3 N–H and O–H groups in total. The molecule has 19 heavy (non-hydrogen) atoms. The molecule has 102 valence electrons. The molecule has 0 spiro atoms. The summed E-state index contributed by atoms with van der Waals surface area (Å²) < 4.78 is 4.94. The lowest BCUT2D eigenvalue weighted by molar-refractivity contribution is -0.141. The zero-order chi connectivity index (χ0) is 13.8. The Morgan fingerprint density at radius 3 is 2.89 bits per heavy atom. The summed E-state index contributed by atoms with van der Waals surface area (Å²) in [5, 5.41) is 3.06. The number of fused-ring (bicyclic) bond motifs is 1. The van der Waals surface area contributed by atoms with Crippen molar-refractivity contribution in [3.8, 4) is 0 Å². The number of amides is 1. The van der Waals surface area contributed by atoms with Crippen LogP contribution in [0.2, 0.25) is 0 Å². The monoisotopic (exact) mass is 263 g/mol. The number of para-hydroxylation sites is 2. The van der Waals surface area contributed by atoms with Crippen molar-refractivity contribution in [3.63, 3.8) is 0 Å². The number of carbonyl (C=O) groups excluding carboxylic acids is 2. The van der Waals surface area contributed by atoms with Gasteiger partial charge in [-0.2, -0.15) is 0 Å². The number of esters is 1. The highest BCUT2D eigenvalue weighted by atomic mass is 16.5. The van der Waals surface area contributed by atoms with E-state index in [1.54, 1.807) is 11.8 Å². The van der Waals surface area contributed by atoms with Gasteiger partial charge in [0.05, 0.1) is 18.0 Å². The van der Waals surface area contributed by atoms with Crippen LogP contribution in [-0.4, -0.2) is 37.6 Å². The topological polar surface area (TPSA) is 84.7 Å². The lowest BCUT2D eigenvalue weighted by atomic mass is 10.1. The summed E-state index contributed by atoms with van der Waals surface area (Å²) in [6.45, 7) is 2.56. The second-order valence-corrected chi connectivity index (χ2v) is 4.30. The van der Waals surface area contributed by atoms with Crippen LogP contribution in [0.4, 0.5) is 11.4 Å². The van der Waals surface area contributed by atoms with E-state index in [-0.39, 0.29) is 12.5 Å². The Labute approximate surface area is 111 Å². The number of benzene rings is 1. The number of nitrogens with two attached hydrogens (primary N) is 1. The van der Waals surface area contributed by atoms with Gasteiger partial charge in [-0.15, -0.1) is 0 Å². The zero-order valence-electron chi connectivity index (χ0n) is 10.8. The zero-order valence-corrected chi connectivity index (χ0v) is 10.8. The molecule has 1 atom stereocenters. The maximum Gasteiger partial charge on any atom is 0.325 e. The normalized spacial score (nSPS) is 17.3. The smallest absolute Gasteiger partial charge is 0.325 e. The molecule has 6 nitrogen and oxygen atoms in total. The van der Waals surface area contributed by atoms with Crippen molar-refractivity contribution in [2.75, 3.05) is 29.9 Å². The van der Waals surface area contributed by atoms with Crippen LogP contribution >= 0.6 is 0 Å². The first-order valence-electron chi connectivity index (χ1n) is 6.17. The lowest BCUT2D eigenvalue weighted by Crippen LogP contribution is -2.50. The standard InChI is InChI=1S/C13H17N3O3/c1-2-19-12(17)8-16-7-10(13(14)18)15-9-5-3-4-6-11(9)16/h3-6,10,15H,2,7-8H2,1H3,(H2,14,18). The van der Waals surface area contributed by atoms with E-state index in [2.05, 4.69) is 5.32 Å². The molecule has 1 amide bonds. The van der Waals surface area contributed by atoms with E-state index in [1.807, 2.05) is 24.3 Å². The molecule has 2 rings (SSSR count). The third-order valence-corrected chi connectivity index (χ3v) is 2.95. The van der Waals surface area contributed by atoms with Gasteiger partial charge < -0.3 is 20.7 Å². The van der Waals surface area contributed by atoms with E-state index in [9.17, 15) is 9.59 Å². The van der Waals surface area contributed by atoms with Gasteiger partial charge in [0.2, 0.25) is 5.91 Å². The van der Waals surface area contributed by atoms with Gasteiger partial charge >= 0.3 is 5.97 Å². The van der Waals surface area contributed by atoms with Crippen molar-refractivity contribution in [1.29, 1.82) is 0 Å². The number of nitrogens with one attached hydrogen (secondary N) is 1. The molecule has 0 aliphatic carbocycles. The fraction of sp³-hybridized carbons (Fsp3) is 0.385. The molecular weight excluding hydrogens is 246 g/mol. The van der Waals surface area contributed by atoms with Crippen molar-refractivity contribution in [2.45, 2.75) is 13.0 Å². The second-order valence-electron chi connectivity index (χ2n) is 4.30. The summed E-state index contributed by atoms with van der Waals surface area (Å²) in [6.07, 6.45) is 0. The van der Waals surface area contributed by atoms with Gasteiger partial charge in [0.15, 0.2) is 0 Å². The molecule has 1 aliphatic heterocycles.